The molecule has 0 N–H and O–H groups in total. The first-order valence-electron chi connectivity index (χ1n) is 5.91. The number of ether oxygens (including phenoxy) is 1. The molecule has 2 aliphatic rings. The van der Waals surface area contributed by atoms with Gasteiger partial charge in [0.05, 0.1) is 12.6 Å². The molecule has 2 fully saturated rings. The number of likely N-dealkylation sites (tertiary alicyclic amines) is 1. The van der Waals surface area contributed by atoms with Crippen LogP contribution in [-0.2, 0) is 9.53 Å². The zero-order valence-electron chi connectivity index (χ0n) is 10.2. The van der Waals surface area contributed by atoms with Gasteiger partial charge in [0.25, 0.3) is 0 Å². The Labute approximate surface area is 95.9 Å². The number of carbonyl (C=O) groups excluding carboxylic acids is 2. The van der Waals surface area contributed by atoms with Crippen LogP contribution >= 0.6 is 0 Å². The van der Waals surface area contributed by atoms with E-state index < -0.39 is 5.60 Å². The first-order chi connectivity index (χ1) is 7.38. The van der Waals surface area contributed by atoms with Crippen molar-refractivity contribution in [3.05, 3.63) is 0 Å². The Balaban J connectivity index is 1.94. The lowest BCUT2D eigenvalue weighted by atomic mass is 9.74. The minimum Gasteiger partial charge on any atom is -0.444 e. The maximum atomic E-state index is 11.8. The van der Waals surface area contributed by atoms with Gasteiger partial charge in [-0.1, -0.05) is 6.42 Å². The standard InChI is InChI=1S/C12H19NO3/c1-12(2,3)16-11(15)13-7-9(14)10(13)8-5-4-6-8/h8,10H,4-7H2,1-3H3. The lowest BCUT2D eigenvalue weighted by molar-refractivity contribution is -0.140. The van der Waals surface area contributed by atoms with Gasteiger partial charge in [-0.25, -0.2) is 4.79 Å². The summed E-state index contributed by atoms with van der Waals surface area (Å²) in [7, 11) is 0. The predicted octanol–water partition coefficient (Wildman–Crippen LogP) is 1.97. The maximum absolute atomic E-state index is 11.8. The van der Waals surface area contributed by atoms with Crippen LogP contribution in [0.4, 0.5) is 4.79 Å². The van der Waals surface area contributed by atoms with Gasteiger partial charge in [-0.15, -0.1) is 0 Å². The van der Waals surface area contributed by atoms with Crippen LogP contribution in [0.5, 0.6) is 0 Å². The summed E-state index contributed by atoms with van der Waals surface area (Å²) in [6.45, 7) is 5.75. The highest BCUT2D eigenvalue weighted by atomic mass is 16.6. The zero-order chi connectivity index (χ0) is 11.9. The summed E-state index contributed by atoms with van der Waals surface area (Å²) < 4.78 is 5.27. The molecule has 0 radical (unpaired) electrons. The number of hydrogen-bond acceptors (Lipinski definition) is 3. The quantitative estimate of drug-likeness (QED) is 0.685. The molecule has 16 heavy (non-hydrogen) atoms. The topological polar surface area (TPSA) is 46.6 Å². The fourth-order valence-corrected chi connectivity index (χ4v) is 2.19. The number of amides is 1. The van der Waals surface area contributed by atoms with Crippen molar-refractivity contribution in [2.24, 2.45) is 5.92 Å². The Hall–Kier alpha value is -1.06. The fraction of sp³-hybridized carbons (Fsp3) is 0.833. The second-order valence-corrected chi connectivity index (χ2v) is 5.71. The van der Waals surface area contributed by atoms with E-state index in [0.29, 0.717) is 5.92 Å². The van der Waals surface area contributed by atoms with Crippen molar-refractivity contribution in [1.29, 1.82) is 0 Å². The molecule has 1 unspecified atom stereocenters. The van der Waals surface area contributed by atoms with E-state index in [9.17, 15) is 9.59 Å². The van der Waals surface area contributed by atoms with Gasteiger partial charge >= 0.3 is 6.09 Å². The lowest BCUT2D eigenvalue weighted by Gasteiger charge is -2.46. The van der Waals surface area contributed by atoms with Gasteiger partial charge in [0.15, 0.2) is 5.78 Å². The summed E-state index contributed by atoms with van der Waals surface area (Å²) in [4.78, 5) is 24.9. The highest BCUT2D eigenvalue weighted by Crippen LogP contribution is 2.36. The van der Waals surface area contributed by atoms with Crippen molar-refractivity contribution < 1.29 is 14.3 Å². The summed E-state index contributed by atoms with van der Waals surface area (Å²) in [6.07, 6.45) is 2.96. The third-order valence-corrected chi connectivity index (χ3v) is 3.22. The van der Waals surface area contributed by atoms with Crippen LogP contribution in [0.1, 0.15) is 40.0 Å². The largest absolute Gasteiger partial charge is 0.444 e. The Morgan fingerprint density at radius 3 is 2.38 bits per heavy atom. The molecule has 1 saturated heterocycles. The van der Waals surface area contributed by atoms with Gasteiger partial charge in [-0.05, 0) is 39.5 Å². The average Bonchev–Trinajstić information content (AvgIpc) is 2.03. The second kappa shape index (κ2) is 3.75. The third kappa shape index (κ3) is 2.06. The van der Waals surface area contributed by atoms with E-state index in [0.717, 1.165) is 12.8 Å². The van der Waals surface area contributed by atoms with Crippen LogP contribution in [0, 0.1) is 5.92 Å². The van der Waals surface area contributed by atoms with E-state index in [1.807, 2.05) is 20.8 Å². The second-order valence-electron chi connectivity index (χ2n) is 5.71. The molecule has 4 nitrogen and oxygen atoms in total. The van der Waals surface area contributed by atoms with Gasteiger partial charge in [-0.3, -0.25) is 9.69 Å². The summed E-state index contributed by atoms with van der Waals surface area (Å²) in [5.74, 6) is 0.573. The molecule has 1 aliphatic carbocycles. The summed E-state index contributed by atoms with van der Waals surface area (Å²) in [5.41, 5.74) is -0.486. The molecule has 1 atom stereocenters. The van der Waals surface area contributed by atoms with Crippen molar-refractivity contribution in [1.82, 2.24) is 4.90 Å². The predicted molar refractivity (Wildman–Crippen MR) is 59.1 cm³/mol. The fourth-order valence-electron chi connectivity index (χ4n) is 2.19. The van der Waals surface area contributed by atoms with Crippen LogP contribution in [0.25, 0.3) is 0 Å². The molecule has 0 spiro atoms. The van der Waals surface area contributed by atoms with Crippen molar-refractivity contribution in [3.8, 4) is 0 Å². The molecule has 0 aromatic carbocycles. The van der Waals surface area contributed by atoms with Gasteiger partial charge in [0.1, 0.15) is 5.60 Å². The van der Waals surface area contributed by atoms with Gasteiger partial charge in [-0.2, -0.15) is 0 Å². The van der Waals surface area contributed by atoms with Crippen molar-refractivity contribution >= 4 is 11.9 Å². The van der Waals surface area contributed by atoms with Crippen LogP contribution in [0.3, 0.4) is 0 Å². The van der Waals surface area contributed by atoms with E-state index in [1.54, 1.807) is 4.90 Å². The SMILES string of the molecule is CC(C)(C)OC(=O)N1CC(=O)C1C1CCC1. The van der Waals surface area contributed by atoms with E-state index in [2.05, 4.69) is 0 Å². The third-order valence-electron chi connectivity index (χ3n) is 3.22. The van der Waals surface area contributed by atoms with Crippen molar-refractivity contribution in [3.63, 3.8) is 0 Å². The monoisotopic (exact) mass is 225 g/mol. The molecular formula is C12H19NO3. The van der Waals surface area contributed by atoms with E-state index in [1.165, 1.54) is 6.42 Å². The maximum Gasteiger partial charge on any atom is 0.411 e. The van der Waals surface area contributed by atoms with E-state index in [4.69, 9.17) is 4.74 Å². The molecule has 1 saturated carbocycles. The first kappa shape index (κ1) is 11.4. The van der Waals surface area contributed by atoms with Gasteiger partial charge in [0, 0.05) is 0 Å². The van der Waals surface area contributed by atoms with Gasteiger partial charge < -0.3 is 4.74 Å². The van der Waals surface area contributed by atoms with Crippen LogP contribution < -0.4 is 0 Å². The highest BCUT2D eigenvalue weighted by molar-refractivity contribution is 5.97. The number of hydrogen-bond donors (Lipinski definition) is 0. The number of rotatable bonds is 1. The summed E-state index contributed by atoms with van der Waals surface area (Å²) in [6, 6.07) is -0.191. The van der Waals surface area contributed by atoms with E-state index >= 15 is 0 Å². The molecule has 1 heterocycles. The smallest absolute Gasteiger partial charge is 0.411 e. The number of Topliss-reactive ketones (excluding diaryl/α,β-unsaturated/α-hetero) is 1. The Morgan fingerprint density at radius 2 is 2.00 bits per heavy atom. The van der Waals surface area contributed by atoms with Crippen molar-refractivity contribution in [2.45, 2.75) is 51.7 Å². The highest BCUT2D eigenvalue weighted by Gasteiger charge is 2.48. The van der Waals surface area contributed by atoms with Crippen LogP contribution in [-0.4, -0.2) is 35.0 Å². The molecule has 0 aromatic heterocycles. The van der Waals surface area contributed by atoms with Crippen LogP contribution in [0.2, 0.25) is 0 Å². The van der Waals surface area contributed by atoms with Gasteiger partial charge in [0.2, 0.25) is 0 Å². The minimum absolute atomic E-state index is 0.190. The van der Waals surface area contributed by atoms with Crippen molar-refractivity contribution in [2.75, 3.05) is 6.54 Å². The molecule has 90 valence electrons. The molecule has 1 amide bonds. The van der Waals surface area contributed by atoms with E-state index in [-0.39, 0.29) is 24.5 Å². The zero-order valence-corrected chi connectivity index (χ0v) is 10.2. The molecule has 0 bridgehead atoms. The molecule has 4 heteroatoms. The Kier molecular flexibility index (Phi) is 2.68. The average molecular weight is 225 g/mol. The Bertz CT molecular complexity index is 315. The molecule has 2 rings (SSSR count). The number of nitrogens with zero attached hydrogens (tertiary/aromatic N) is 1. The summed E-state index contributed by atoms with van der Waals surface area (Å²) >= 11 is 0. The molecular weight excluding hydrogens is 206 g/mol. The minimum atomic E-state index is -0.486. The van der Waals surface area contributed by atoms with Crippen LogP contribution in [0.15, 0.2) is 0 Å². The number of carbonyl (C=O) groups is 2. The molecule has 1 aliphatic heterocycles. The normalized spacial score (nSPS) is 26.1. The lowest BCUT2D eigenvalue weighted by Crippen LogP contribution is -2.64. The number of ketones is 1. The molecule has 0 aromatic rings. The first-order valence-corrected chi connectivity index (χ1v) is 5.91. The Morgan fingerprint density at radius 1 is 1.38 bits per heavy atom. The summed E-state index contributed by atoms with van der Waals surface area (Å²) in [5, 5.41) is 0.